The summed E-state index contributed by atoms with van der Waals surface area (Å²) in [5.74, 6) is 1.91. The van der Waals surface area contributed by atoms with Crippen LogP contribution >= 0.6 is 0 Å². The molecule has 0 saturated heterocycles. The second kappa shape index (κ2) is 6.11. The Kier molecular flexibility index (Phi) is 4.47. The minimum absolute atomic E-state index is 0.0878. The zero-order valence-electron chi connectivity index (χ0n) is 12.3. The number of anilines is 1. The summed E-state index contributed by atoms with van der Waals surface area (Å²) in [5, 5.41) is 14.3. The highest BCUT2D eigenvalue weighted by atomic mass is 16.6. The third-order valence-electron chi connectivity index (χ3n) is 4.19. The average molecular weight is 278 g/mol. The third kappa shape index (κ3) is 3.21. The Balaban J connectivity index is 2.22. The maximum atomic E-state index is 10.9. The number of nitrogens with zero attached hydrogens (tertiary/aromatic N) is 1. The number of nitrogens with one attached hydrogen (secondary N) is 1. The first kappa shape index (κ1) is 14.6. The van der Waals surface area contributed by atoms with Crippen LogP contribution in [0.25, 0.3) is 0 Å². The number of rotatable bonds is 4. The summed E-state index contributed by atoms with van der Waals surface area (Å²) in [6, 6.07) is 5.02. The van der Waals surface area contributed by atoms with Gasteiger partial charge < -0.3 is 10.1 Å². The van der Waals surface area contributed by atoms with Crippen molar-refractivity contribution in [2.75, 3.05) is 12.4 Å². The van der Waals surface area contributed by atoms with Gasteiger partial charge in [-0.3, -0.25) is 10.1 Å². The lowest BCUT2D eigenvalue weighted by molar-refractivity contribution is -0.384. The normalized spacial score (nSPS) is 26.1. The standard InChI is InChI=1S/C15H22N2O3/c1-10-4-5-11(2)13(8-10)16-14-9-12(17(18)19)6-7-15(14)20-3/h6-7,9-11,13,16H,4-5,8H2,1-3H3. The van der Waals surface area contributed by atoms with Crippen LogP contribution in [-0.2, 0) is 0 Å². The molecule has 5 heteroatoms. The first-order valence-corrected chi connectivity index (χ1v) is 7.10. The Morgan fingerprint density at radius 2 is 2.10 bits per heavy atom. The van der Waals surface area contributed by atoms with Crippen molar-refractivity contribution in [2.24, 2.45) is 11.8 Å². The molecule has 1 saturated carbocycles. The van der Waals surface area contributed by atoms with Crippen LogP contribution in [0.15, 0.2) is 18.2 Å². The van der Waals surface area contributed by atoms with E-state index in [1.165, 1.54) is 18.9 Å². The molecule has 1 aromatic rings. The molecule has 0 amide bonds. The van der Waals surface area contributed by atoms with E-state index in [4.69, 9.17) is 4.74 Å². The van der Waals surface area contributed by atoms with E-state index in [1.807, 2.05) is 0 Å². The van der Waals surface area contributed by atoms with Crippen LogP contribution in [0.4, 0.5) is 11.4 Å². The van der Waals surface area contributed by atoms with Gasteiger partial charge in [-0.05, 0) is 30.7 Å². The number of hydrogen-bond acceptors (Lipinski definition) is 4. The van der Waals surface area contributed by atoms with Gasteiger partial charge in [0.25, 0.3) is 5.69 Å². The van der Waals surface area contributed by atoms with E-state index < -0.39 is 0 Å². The lowest BCUT2D eigenvalue weighted by Gasteiger charge is -2.34. The van der Waals surface area contributed by atoms with Crippen LogP contribution in [0.2, 0.25) is 0 Å². The molecule has 0 aliphatic heterocycles. The number of nitro groups is 1. The van der Waals surface area contributed by atoms with Gasteiger partial charge in [0.1, 0.15) is 5.75 Å². The fourth-order valence-corrected chi connectivity index (χ4v) is 2.86. The average Bonchev–Trinajstić information content (AvgIpc) is 2.42. The minimum Gasteiger partial charge on any atom is -0.495 e. The monoisotopic (exact) mass is 278 g/mol. The van der Waals surface area contributed by atoms with Crippen molar-refractivity contribution in [2.45, 2.75) is 39.2 Å². The molecule has 0 heterocycles. The predicted molar refractivity (Wildman–Crippen MR) is 79.2 cm³/mol. The van der Waals surface area contributed by atoms with Crippen molar-refractivity contribution in [3.63, 3.8) is 0 Å². The summed E-state index contributed by atoms with van der Waals surface area (Å²) >= 11 is 0. The van der Waals surface area contributed by atoms with Crippen LogP contribution in [0.5, 0.6) is 5.75 Å². The van der Waals surface area contributed by atoms with E-state index in [2.05, 4.69) is 19.2 Å². The highest BCUT2D eigenvalue weighted by Crippen LogP contribution is 2.35. The summed E-state index contributed by atoms with van der Waals surface area (Å²) in [6.07, 6.45) is 3.54. The maximum absolute atomic E-state index is 10.9. The summed E-state index contributed by atoms with van der Waals surface area (Å²) in [6.45, 7) is 4.48. The molecule has 20 heavy (non-hydrogen) atoms. The molecule has 1 aliphatic carbocycles. The van der Waals surface area contributed by atoms with Crippen molar-refractivity contribution in [3.05, 3.63) is 28.3 Å². The van der Waals surface area contributed by atoms with Crippen LogP contribution < -0.4 is 10.1 Å². The van der Waals surface area contributed by atoms with Gasteiger partial charge in [0.05, 0.1) is 17.7 Å². The van der Waals surface area contributed by atoms with Crippen molar-refractivity contribution < 1.29 is 9.66 Å². The molecule has 110 valence electrons. The fourth-order valence-electron chi connectivity index (χ4n) is 2.86. The molecule has 0 bridgehead atoms. The quantitative estimate of drug-likeness (QED) is 0.671. The first-order chi connectivity index (χ1) is 9.51. The topological polar surface area (TPSA) is 64.4 Å². The van der Waals surface area contributed by atoms with Crippen molar-refractivity contribution in [3.8, 4) is 5.75 Å². The predicted octanol–water partition coefficient (Wildman–Crippen LogP) is 3.84. The number of non-ortho nitro benzene ring substituents is 1. The number of nitro benzene ring substituents is 1. The van der Waals surface area contributed by atoms with Crippen LogP contribution in [0, 0.1) is 22.0 Å². The molecule has 1 N–H and O–H groups in total. The minimum atomic E-state index is -0.377. The van der Waals surface area contributed by atoms with Crippen LogP contribution in [0.1, 0.15) is 33.1 Å². The summed E-state index contributed by atoms with van der Waals surface area (Å²) in [5.41, 5.74) is 0.803. The molecule has 0 aromatic heterocycles. The van der Waals surface area contributed by atoms with E-state index in [0.717, 1.165) is 6.42 Å². The van der Waals surface area contributed by atoms with Gasteiger partial charge in [-0.25, -0.2) is 0 Å². The van der Waals surface area contributed by atoms with Gasteiger partial charge >= 0.3 is 0 Å². The molecule has 0 spiro atoms. The lowest BCUT2D eigenvalue weighted by Crippen LogP contribution is -2.33. The van der Waals surface area contributed by atoms with Gasteiger partial charge in [-0.15, -0.1) is 0 Å². The van der Waals surface area contributed by atoms with E-state index >= 15 is 0 Å². The van der Waals surface area contributed by atoms with Crippen LogP contribution in [0.3, 0.4) is 0 Å². The molecular formula is C15H22N2O3. The number of benzene rings is 1. The smallest absolute Gasteiger partial charge is 0.271 e. The summed E-state index contributed by atoms with van der Waals surface area (Å²) in [4.78, 5) is 10.5. The Bertz CT molecular complexity index is 490. The fraction of sp³-hybridized carbons (Fsp3) is 0.600. The number of ether oxygens (including phenoxy) is 1. The maximum Gasteiger partial charge on any atom is 0.271 e. The Morgan fingerprint density at radius 1 is 1.35 bits per heavy atom. The number of hydrogen-bond donors (Lipinski definition) is 1. The second-order valence-corrected chi connectivity index (χ2v) is 5.79. The van der Waals surface area contributed by atoms with Gasteiger partial charge in [-0.2, -0.15) is 0 Å². The van der Waals surface area contributed by atoms with Gasteiger partial charge in [-0.1, -0.05) is 20.3 Å². The Hall–Kier alpha value is -1.78. The second-order valence-electron chi connectivity index (χ2n) is 5.79. The van der Waals surface area contributed by atoms with Gasteiger partial charge in [0, 0.05) is 18.2 Å². The van der Waals surface area contributed by atoms with Crippen molar-refractivity contribution in [1.29, 1.82) is 0 Å². The van der Waals surface area contributed by atoms with E-state index in [9.17, 15) is 10.1 Å². The molecule has 0 radical (unpaired) electrons. The van der Waals surface area contributed by atoms with Crippen LogP contribution in [-0.4, -0.2) is 18.1 Å². The third-order valence-corrected chi connectivity index (χ3v) is 4.19. The molecule has 3 atom stereocenters. The zero-order valence-corrected chi connectivity index (χ0v) is 12.3. The van der Waals surface area contributed by atoms with E-state index in [-0.39, 0.29) is 10.6 Å². The van der Waals surface area contributed by atoms with Crippen molar-refractivity contribution in [1.82, 2.24) is 0 Å². The molecule has 1 aromatic carbocycles. The Morgan fingerprint density at radius 3 is 2.75 bits per heavy atom. The molecule has 1 aliphatic rings. The highest BCUT2D eigenvalue weighted by Gasteiger charge is 2.26. The van der Waals surface area contributed by atoms with Crippen molar-refractivity contribution >= 4 is 11.4 Å². The Labute approximate surface area is 119 Å². The van der Waals surface area contributed by atoms with E-state index in [1.54, 1.807) is 19.2 Å². The number of methoxy groups -OCH3 is 1. The zero-order chi connectivity index (χ0) is 14.7. The molecule has 2 rings (SSSR count). The lowest BCUT2D eigenvalue weighted by atomic mass is 9.80. The SMILES string of the molecule is COc1ccc([N+](=O)[O-])cc1NC1CC(C)CCC1C. The van der Waals surface area contributed by atoms with Gasteiger partial charge in [0.15, 0.2) is 0 Å². The molecule has 1 fully saturated rings. The molecule has 5 nitrogen and oxygen atoms in total. The molecular weight excluding hydrogens is 256 g/mol. The molecule has 3 unspecified atom stereocenters. The first-order valence-electron chi connectivity index (χ1n) is 7.10. The summed E-state index contributed by atoms with van der Waals surface area (Å²) in [7, 11) is 1.58. The van der Waals surface area contributed by atoms with Gasteiger partial charge in [0.2, 0.25) is 0 Å². The highest BCUT2D eigenvalue weighted by molar-refractivity contribution is 5.62. The van der Waals surface area contributed by atoms with E-state index in [0.29, 0.717) is 29.3 Å². The summed E-state index contributed by atoms with van der Waals surface area (Å²) < 4.78 is 5.30. The largest absolute Gasteiger partial charge is 0.495 e.